The molecule has 0 aromatic heterocycles. The number of rotatable bonds is 3. The number of benzene rings is 1. The molecule has 1 aromatic rings. The molecular weight excluding hydrogens is 256 g/mol. The average molecular weight is 272 g/mol. The molecule has 1 saturated heterocycles. The Labute approximate surface area is 110 Å². The van der Waals surface area contributed by atoms with Gasteiger partial charge in [-0.25, -0.2) is 0 Å². The zero-order valence-electron chi connectivity index (χ0n) is 9.64. The van der Waals surface area contributed by atoms with Gasteiger partial charge in [-0.1, -0.05) is 12.1 Å². The first-order chi connectivity index (χ1) is 8.61. The molecule has 1 fully saturated rings. The average Bonchev–Trinajstić information content (AvgIpc) is 2.40. The van der Waals surface area contributed by atoms with Gasteiger partial charge in [0.15, 0.2) is 0 Å². The molecule has 1 aromatic carbocycles. The van der Waals surface area contributed by atoms with Crippen LogP contribution in [-0.2, 0) is 10.5 Å². The molecule has 0 aliphatic carbocycles. The second kappa shape index (κ2) is 5.90. The third kappa shape index (κ3) is 2.96. The van der Waals surface area contributed by atoms with Crippen molar-refractivity contribution in [2.45, 2.75) is 30.4 Å². The van der Waals surface area contributed by atoms with E-state index in [9.17, 15) is 15.3 Å². The van der Waals surface area contributed by atoms with Gasteiger partial charge in [0.2, 0.25) is 6.29 Å². The predicted octanol–water partition coefficient (Wildman–Crippen LogP) is -0.0658. The monoisotopic (exact) mass is 272 g/mol. The molecule has 4 atom stereocenters. The van der Waals surface area contributed by atoms with Crippen LogP contribution < -0.4 is 4.74 Å². The van der Waals surface area contributed by atoms with E-state index in [1.807, 2.05) is 12.1 Å². The van der Waals surface area contributed by atoms with Crippen molar-refractivity contribution in [2.24, 2.45) is 0 Å². The van der Waals surface area contributed by atoms with Crippen LogP contribution in [0.1, 0.15) is 5.56 Å². The van der Waals surface area contributed by atoms with Crippen LogP contribution in [0.5, 0.6) is 5.75 Å². The lowest BCUT2D eigenvalue weighted by Crippen LogP contribution is -2.54. The summed E-state index contributed by atoms with van der Waals surface area (Å²) in [4.78, 5) is 0. The largest absolute Gasteiger partial charge is 0.462 e. The summed E-state index contributed by atoms with van der Waals surface area (Å²) < 4.78 is 10.6. The summed E-state index contributed by atoms with van der Waals surface area (Å²) in [5, 5.41) is 28.5. The highest BCUT2D eigenvalue weighted by Gasteiger charge is 2.38. The van der Waals surface area contributed by atoms with Crippen molar-refractivity contribution in [3.63, 3.8) is 0 Å². The molecule has 100 valence electrons. The number of thiol groups is 1. The van der Waals surface area contributed by atoms with Gasteiger partial charge in [0.25, 0.3) is 0 Å². The lowest BCUT2D eigenvalue weighted by molar-refractivity contribution is -0.242. The van der Waals surface area contributed by atoms with E-state index in [2.05, 4.69) is 12.6 Å². The minimum atomic E-state index is -1.28. The van der Waals surface area contributed by atoms with E-state index >= 15 is 0 Å². The van der Waals surface area contributed by atoms with Crippen molar-refractivity contribution < 1.29 is 24.8 Å². The Kier molecular flexibility index (Phi) is 4.47. The van der Waals surface area contributed by atoms with Gasteiger partial charge in [0.05, 0.1) is 6.61 Å². The molecule has 0 radical (unpaired) electrons. The van der Waals surface area contributed by atoms with E-state index in [1.54, 1.807) is 12.1 Å². The summed E-state index contributed by atoms with van der Waals surface area (Å²) in [5.74, 6) is 1.15. The lowest BCUT2D eigenvalue weighted by Gasteiger charge is -2.34. The van der Waals surface area contributed by atoms with Crippen molar-refractivity contribution in [1.82, 2.24) is 0 Å². The quantitative estimate of drug-likeness (QED) is 0.580. The summed E-state index contributed by atoms with van der Waals surface area (Å²) in [6.07, 6.45) is -4.62. The molecule has 0 bridgehead atoms. The van der Waals surface area contributed by atoms with Crippen LogP contribution >= 0.6 is 12.6 Å². The van der Waals surface area contributed by atoms with Crippen molar-refractivity contribution in [1.29, 1.82) is 0 Å². The van der Waals surface area contributed by atoms with Gasteiger partial charge in [-0.15, -0.1) is 0 Å². The fourth-order valence-electron chi connectivity index (χ4n) is 1.69. The van der Waals surface area contributed by atoms with E-state index < -0.39 is 24.6 Å². The lowest BCUT2D eigenvalue weighted by atomic mass is 10.1. The smallest absolute Gasteiger partial charge is 0.228 e. The zero-order valence-corrected chi connectivity index (χ0v) is 10.5. The van der Waals surface area contributed by atoms with E-state index in [1.165, 1.54) is 0 Å². The molecule has 6 heteroatoms. The Balaban J connectivity index is 2.00. The Morgan fingerprint density at radius 1 is 1.17 bits per heavy atom. The molecule has 3 N–H and O–H groups in total. The first-order valence-electron chi connectivity index (χ1n) is 5.64. The summed E-state index contributed by atoms with van der Waals surface area (Å²) in [5.41, 5.74) is 1.05. The molecule has 5 nitrogen and oxygen atoms in total. The predicted molar refractivity (Wildman–Crippen MR) is 67.5 cm³/mol. The molecule has 18 heavy (non-hydrogen) atoms. The standard InChI is InChI=1S/C12H16O5S/c13-9-5-16-12(11(15)10(9)14)17-8-3-1-7(6-18)2-4-8/h1-4,9-15,18H,5-6H2/t9-,10+,11+,12-/m1/s1. The number of aliphatic hydroxyl groups excluding tert-OH is 3. The van der Waals surface area contributed by atoms with Gasteiger partial charge >= 0.3 is 0 Å². The summed E-state index contributed by atoms with van der Waals surface area (Å²) in [6.45, 7) is -0.0718. The van der Waals surface area contributed by atoms with E-state index in [0.29, 0.717) is 11.5 Å². The van der Waals surface area contributed by atoms with E-state index in [4.69, 9.17) is 9.47 Å². The van der Waals surface area contributed by atoms with Crippen molar-refractivity contribution in [2.75, 3.05) is 6.61 Å². The molecule has 1 heterocycles. The summed E-state index contributed by atoms with van der Waals surface area (Å²) in [7, 11) is 0. The van der Waals surface area contributed by atoms with E-state index in [0.717, 1.165) is 5.56 Å². The Bertz CT molecular complexity index is 383. The van der Waals surface area contributed by atoms with Crippen molar-refractivity contribution >= 4 is 12.6 Å². The molecule has 2 rings (SSSR count). The maximum absolute atomic E-state index is 9.70. The van der Waals surface area contributed by atoms with Crippen LogP contribution in [-0.4, -0.2) is 46.5 Å². The van der Waals surface area contributed by atoms with Gasteiger partial charge in [0.1, 0.15) is 24.1 Å². The Morgan fingerprint density at radius 2 is 1.83 bits per heavy atom. The first-order valence-corrected chi connectivity index (χ1v) is 6.27. The molecule has 0 spiro atoms. The number of ether oxygens (including phenoxy) is 2. The zero-order chi connectivity index (χ0) is 13.1. The van der Waals surface area contributed by atoms with Crippen LogP contribution in [0, 0.1) is 0 Å². The summed E-state index contributed by atoms with van der Waals surface area (Å²) >= 11 is 4.14. The van der Waals surface area contributed by atoms with Gasteiger partial charge in [-0.05, 0) is 17.7 Å². The topological polar surface area (TPSA) is 79.2 Å². The molecule has 0 saturated carbocycles. The van der Waals surface area contributed by atoms with Gasteiger partial charge in [-0.3, -0.25) is 0 Å². The second-order valence-electron chi connectivity index (χ2n) is 4.17. The highest BCUT2D eigenvalue weighted by Crippen LogP contribution is 2.21. The first kappa shape index (κ1) is 13.6. The molecule has 1 aliphatic heterocycles. The third-order valence-corrected chi connectivity index (χ3v) is 3.18. The third-order valence-electron chi connectivity index (χ3n) is 2.81. The highest BCUT2D eigenvalue weighted by atomic mass is 32.1. The Morgan fingerprint density at radius 3 is 2.44 bits per heavy atom. The minimum Gasteiger partial charge on any atom is -0.462 e. The molecule has 0 amide bonds. The molecule has 1 aliphatic rings. The van der Waals surface area contributed by atoms with Gasteiger partial charge in [-0.2, -0.15) is 12.6 Å². The maximum atomic E-state index is 9.70. The number of hydrogen-bond donors (Lipinski definition) is 4. The normalized spacial score (nSPS) is 32.2. The van der Waals surface area contributed by atoms with Crippen LogP contribution in [0.4, 0.5) is 0 Å². The van der Waals surface area contributed by atoms with Crippen LogP contribution in [0.2, 0.25) is 0 Å². The van der Waals surface area contributed by atoms with Gasteiger partial charge in [0, 0.05) is 5.75 Å². The maximum Gasteiger partial charge on any atom is 0.228 e. The van der Waals surface area contributed by atoms with Crippen LogP contribution in [0.15, 0.2) is 24.3 Å². The Hall–Kier alpha value is -0.790. The fraction of sp³-hybridized carbons (Fsp3) is 0.500. The SMILES string of the molecule is O[C@@H]1[C@@H](Oc2ccc(CS)cc2)OC[C@@H](O)[C@@H]1O. The number of hydrogen-bond acceptors (Lipinski definition) is 6. The van der Waals surface area contributed by atoms with Crippen LogP contribution in [0.25, 0.3) is 0 Å². The van der Waals surface area contributed by atoms with Crippen LogP contribution in [0.3, 0.4) is 0 Å². The second-order valence-corrected chi connectivity index (χ2v) is 4.49. The van der Waals surface area contributed by atoms with Gasteiger partial charge < -0.3 is 24.8 Å². The number of aliphatic hydroxyl groups is 3. The van der Waals surface area contributed by atoms with Crippen molar-refractivity contribution in [3.8, 4) is 5.75 Å². The van der Waals surface area contributed by atoms with E-state index in [-0.39, 0.29) is 6.61 Å². The molecule has 0 unspecified atom stereocenters. The highest BCUT2D eigenvalue weighted by molar-refractivity contribution is 7.79. The van der Waals surface area contributed by atoms with Crippen molar-refractivity contribution in [3.05, 3.63) is 29.8 Å². The summed E-state index contributed by atoms with van der Waals surface area (Å²) in [6, 6.07) is 7.17. The molecular formula is C12H16O5S. The minimum absolute atomic E-state index is 0.0718. The fourth-order valence-corrected chi connectivity index (χ4v) is 1.90.